The van der Waals surface area contributed by atoms with Gasteiger partial charge in [-0.2, -0.15) is 0 Å². The standard InChI is InChI=1S/C18H24Si.C12H19BrSi.C12H21Br.C10H20Si.C9H20Si/c1-4-19(5-2,6-3)17-13-11-15-9-7-8-14-10-12-16(17)18(14)15;1-4-14(5-2,6-3)12-9-7-11(13)8-10-12;1-11-5-2-7-12(8-3-6-11)9-4-10-13;1-11(2,3)10-7-8-4-5-9(10)6-8;1-4-10(5-2,6-3)9-7-8-9/h7-9,11,13H,4-6,10,12H2,1-3H3;7-10H,4-6H2,1-3H3;7,11H,2-6,8-10H2,1H3;8-10H,4-7H2,1-3H3;9H,4-8H2,1-3H3/b;;12-7+;;. The van der Waals surface area contributed by atoms with Crippen LogP contribution in [-0.4, -0.2) is 37.6 Å². The summed E-state index contributed by atoms with van der Waals surface area (Å²) in [7, 11) is -3.84. The Morgan fingerprint density at radius 3 is 1.72 bits per heavy atom. The van der Waals surface area contributed by atoms with Crippen molar-refractivity contribution in [3.8, 4) is 0 Å². The molecule has 6 heteroatoms. The number of hydrogen-bond acceptors (Lipinski definition) is 0. The number of fused-ring (bicyclic) bond motifs is 2. The fourth-order valence-corrected chi connectivity index (χ4v) is 29.4. The van der Waals surface area contributed by atoms with Crippen LogP contribution >= 0.6 is 31.9 Å². The van der Waals surface area contributed by atoms with E-state index in [1.54, 1.807) is 71.0 Å². The normalized spacial score (nSPS) is 22.1. The summed E-state index contributed by atoms with van der Waals surface area (Å²) in [5, 5.41) is 7.61. The molecule has 0 aromatic heterocycles. The van der Waals surface area contributed by atoms with Crippen molar-refractivity contribution in [2.45, 2.75) is 251 Å². The highest BCUT2D eigenvalue weighted by Crippen LogP contribution is 2.55. The first-order valence-electron chi connectivity index (χ1n) is 28.7. The fraction of sp³-hybridized carbons (Fsp3) is 0.705. The van der Waals surface area contributed by atoms with E-state index in [2.05, 4.69) is 181 Å². The third-order valence-electron chi connectivity index (χ3n) is 19.3. The van der Waals surface area contributed by atoms with Gasteiger partial charge in [-0.25, -0.2) is 0 Å². The second-order valence-electron chi connectivity index (χ2n) is 23.4. The van der Waals surface area contributed by atoms with Crippen molar-refractivity contribution < 1.29 is 0 Å². The first kappa shape index (κ1) is 59.1. The number of rotatable bonds is 16. The number of hydrogen-bond donors (Lipinski definition) is 0. The number of benzene rings is 3. The lowest BCUT2D eigenvalue weighted by Gasteiger charge is -2.32. The van der Waals surface area contributed by atoms with Crippen LogP contribution in [0.2, 0.25) is 85.1 Å². The lowest BCUT2D eigenvalue weighted by atomic mass is 9.91. The summed E-state index contributed by atoms with van der Waals surface area (Å²) in [6.07, 6.45) is 24.0. The van der Waals surface area contributed by atoms with Crippen LogP contribution in [0.4, 0.5) is 0 Å². The number of allylic oxidation sites excluding steroid dienone is 2. The smallest absolute Gasteiger partial charge is 0.0863 e. The van der Waals surface area contributed by atoms with Crippen molar-refractivity contribution in [2.75, 3.05) is 5.33 Å². The number of alkyl halides is 1. The summed E-state index contributed by atoms with van der Waals surface area (Å²) in [4.78, 5) is 0. The van der Waals surface area contributed by atoms with Gasteiger partial charge in [-0.1, -0.05) is 272 Å². The second kappa shape index (κ2) is 28.7. The van der Waals surface area contributed by atoms with Gasteiger partial charge in [0.25, 0.3) is 0 Å². The van der Waals surface area contributed by atoms with E-state index in [9.17, 15) is 0 Å². The summed E-state index contributed by atoms with van der Waals surface area (Å²) >= 11 is 6.99. The van der Waals surface area contributed by atoms with Gasteiger partial charge in [0, 0.05) is 17.9 Å². The molecule has 0 nitrogen and oxygen atoms in total. The van der Waals surface area contributed by atoms with Crippen LogP contribution in [0.15, 0.2) is 70.7 Å². The van der Waals surface area contributed by atoms with Gasteiger partial charge in [0.05, 0.1) is 24.2 Å². The molecular formula is C61H104Br2Si4. The van der Waals surface area contributed by atoms with Gasteiger partial charge in [-0.3, -0.25) is 0 Å². The summed E-state index contributed by atoms with van der Waals surface area (Å²) in [5.74, 6) is 3.26. The first-order chi connectivity index (χ1) is 32.1. The maximum Gasteiger partial charge on any atom is 0.0863 e. The summed E-state index contributed by atoms with van der Waals surface area (Å²) in [6.45, 7) is 31.6. The van der Waals surface area contributed by atoms with E-state index in [0.29, 0.717) is 0 Å². The van der Waals surface area contributed by atoms with E-state index in [4.69, 9.17) is 0 Å². The lowest BCUT2D eigenvalue weighted by molar-refractivity contribution is 0.465. The predicted molar refractivity (Wildman–Crippen MR) is 325 cm³/mol. The molecule has 0 heterocycles. The highest BCUT2D eigenvalue weighted by molar-refractivity contribution is 9.10. The minimum Gasteiger partial charge on any atom is -0.0928 e. The minimum atomic E-state index is -1.24. The van der Waals surface area contributed by atoms with Crippen molar-refractivity contribution in [1.82, 2.24) is 0 Å². The first-order valence-corrected chi connectivity index (χ1v) is 42.1. The highest BCUT2D eigenvalue weighted by Gasteiger charge is 2.45. The molecule has 0 radical (unpaired) electrons. The summed E-state index contributed by atoms with van der Waals surface area (Å²) in [5.41, 5.74) is 7.42. The zero-order valence-corrected chi connectivity index (χ0v) is 53.3. The van der Waals surface area contributed by atoms with E-state index in [0.717, 1.165) is 23.1 Å². The summed E-state index contributed by atoms with van der Waals surface area (Å²) < 4.78 is 1.19. The van der Waals surface area contributed by atoms with E-state index < -0.39 is 32.3 Å². The van der Waals surface area contributed by atoms with E-state index >= 15 is 0 Å². The Bertz CT molecular complexity index is 1870. The largest absolute Gasteiger partial charge is 0.0928 e. The number of halogens is 2. The topological polar surface area (TPSA) is 0 Å². The average Bonchev–Trinajstić information content (AvgIpc) is 3.72. The van der Waals surface area contributed by atoms with Crippen LogP contribution in [-0.2, 0) is 12.8 Å². The van der Waals surface area contributed by atoms with Crippen LogP contribution in [0, 0.1) is 17.8 Å². The van der Waals surface area contributed by atoms with Crippen molar-refractivity contribution in [3.63, 3.8) is 0 Å². The van der Waals surface area contributed by atoms with Gasteiger partial charge in [-0.15, -0.1) is 0 Å². The molecule has 0 saturated heterocycles. The van der Waals surface area contributed by atoms with Crippen LogP contribution in [0.3, 0.4) is 0 Å². The third-order valence-corrected chi connectivity index (χ3v) is 41.1. The predicted octanol–water partition coefficient (Wildman–Crippen LogP) is 20.7. The van der Waals surface area contributed by atoms with Crippen molar-refractivity contribution in [1.29, 1.82) is 0 Å². The Kier molecular flexibility index (Phi) is 25.3. The average molecular weight is 1110 g/mol. The molecule has 0 spiro atoms. The molecule has 8 rings (SSSR count). The molecule has 3 aromatic carbocycles. The molecule has 3 aromatic rings. The molecule has 0 amide bonds. The molecule has 0 aliphatic heterocycles. The van der Waals surface area contributed by atoms with E-state index in [1.165, 1.54) is 133 Å². The maximum absolute atomic E-state index is 3.49. The zero-order chi connectivity index (χ0) is 49.3. The zero-order valence-electron chi connectivity index (χ0n) is 46.1. The third kappa shape index (κ3) is 16.0. The molecule has 5 aliphatic rings. The molecule has 5 aliphatic carbocycles. The Morgan fingerprint density at radius 2 is 1.24 bits per heavy atom. The van der Waals surface area contributed by atoms with Crippen molar-refractivity contribution in [2.24, 2.45) is 17.8 Å². The van der Waals surface area contributed by atoms with Crippen LogP contribution in [0.1, 0.15) is 164 Å². The summed E-state index contributed by atoms with van der Waals surface area (Å²) in [6, 6.07) is 33.5. The fourth-order valence-electron chi connectivity index (χ4n) is 13.9. The Morgan fingerprint density at radius 1 is 0.612 bits per heavy atom. The van der Waals surface area contributed by atoms with Crippen LogP contribution in [0.5, 0.6) is 0 Å². The highest BCUT2D eigenvalue weighted by atomic mass is 79.9. The van der Waals surface area contributed by atoms with Gasteiger partial charge in [-0.05, 0) is 127 Å². The van der Waals surface area contributed by atoms with E-state index in [1.807, 2.05) is 0 Å². The van der Waals surface area contributed by atoms with E-state index in [-0.39, 0.29) is 0 Å². The molecule has 378 valence electrons. The SMILES string of the molecule is CC1CC/C=C(/CCCBr)CCC1.CC[Si](CC)(CC)C1CC1.CC[Si](CC)(CC)c1ccc(Br)cc1.CC[Si](CC)(CC)c1ccc2cccc3c2c1CC3.C[Si](C)(C)C1CC2CCC1C2. The van der Waals surface area contributed by atoms with Crippen LogP contribution < -0.4 is 10.4 Å². The second-order valence-corrected chi connectivity index (χ2v) is 46.7. The molecular weight excluding hydrogens is 1000 g/mol. The Hall–Kier alpha value is -0.512. The maximum atomic E-state index is 3.49. The Balaban J connectivity index is 0.000000186. The minimum absolute atomic E-state index is 0.684. The van der Waals surface area contributed by atoms with Gasteiger partial charge in [0.15, 0.2) is 0 Å². The Labute approximate surface area is 437 Å². The quantitative estimate of drug-likeness (QED) is 0.0762. The number of aryl methyl sites for hydroxylation is 2. The molecule has 3 saturated carbocycles. The van der Waals surface area contributed by atoms with Gasteiger partial charge in [0.1, 0.15) is 0 Å². The van der Waals surface area contributed by atoms with Crippen molar-refractivity contribution >= 4 is 85.3 Å². The lowest BCUT2D eigenvalue weighted by Crippen LogP contribution is -2.47. The molecule has 4 unspecified atom stereocenters. The monoisotopic (exact) mass is 1110 g/mol. The van der Waals surface area contributed by atoms with Crippen molar-refractivity contribution in [3.05, 3.63) is 81.8 Å². The van der Waals surface area contributed by atoms with Gasteiger partial charge >= 0.3 is 0 Å². The van der Waals surface area contributed by atoms with Gasteiger partial charge in [0.2, 0.25) is 0 Å². The molecule has 0 N–H and O–H groups in total. The van der Waals surface area contributed by atoms with Crippen LogP contribution in [0.25, 0.3) is 10.8 Å². The molecule has 67 heavy (non-hydrogen) atoms. The molecule has 2 bridgehead atoms. The molecule has 3 fully saturated rings. The molecule has 4 atom stereocenters. The van der Waals surface area contributed by atoms with Gasteiger partial charge < -0.3 is 0 Å².